The van der Waals surface area contributed by atoms with E-state index in [0.29, 0.717) is 61.1 Å². The number of benzene rings is 2. The van der Waals surface area contributed by atoms with Gasteiger partial charge in [0.05, 0.1) is 11.0 Å². The molecule has 51 heavy (non-hydrogen) atoms. The summed E-state index contributed by atoms with van der Waals surface area (Å²) in [5.74, 6) is -0.486. The normalized spacial score (nSPS) is 20.3. The fourth-order valence-corrected chi connectivity index (χ4v) is 8.03. The Hall–Kier alpha value is -3.92. The van der Waals surface area contributed by atoms with Crippen molar-refractivity contribution in [3.8, 4) is 5.75 Å². The van der Waals surface area contributed by atoms with Crippen LogP contribution in [-0.2, 0) is 27.2 Å². The quantitative estimate of drug-likeness (QED) is 0.272. The summed E-state index contributed by atoms with van der Waals surface area (Å²) < 4.78 is 6.50. The monoisotopic (exact) mass is 769 g/mol. The van der Waals surface area contributed by atoms with Crippen LogP contribution in [0.4, 0.5) is 15.3 Å². The van der Waals surface area contributed by atoms with E-state index in [2.05, 4.69) is 26.1 Å². The molecule has 3 saturated heterocycles. The van der Waals surface area contributed by atoms with E-state index in [9.17, 15) is 29.5 Å². The summed E-state index contributed by atoms with van der Waals surface area (Å²) in [6.45, 7) is 5.78. The fourth-order valence-electron chi connectivity index (χ4n) is 7.60. The molecular formula is C36H48BrN7O7. The number of amides is 5. The molecule has 4 aliphatic rings. The number of rotatable bonds is 8. The fraction of sp³-hybridized carbons (Fsp3) is 0.556. The summed E-state index contributed by atoms with van der Waals surface area (Å²) in [5, 5.41) is 23.1. The van der Waals surface area contributed by atoms with Crippen molar-refractivity contribution in [1.29, 1.82) is 0 Å². The number of likely N-dealkylation sites (tertiary alicyclic amines) is 2. The van der Waals surface area contributed by atoms with Gasteiger partial charge in [-0.25, -0.2) is 14.7 Å². The highest BCUT2D eigenvalue weighted by Gasteiger charge is 2.36. The summed E-state index contributed by atoms with van der Waals surface area (Å²) in [6.07, 6.45) is 2.14. The maximum absolute atomic E-state index is 14.0. The van der Waals surface area contributed by atoms with Gasteiger partial charge in [-0.2, -0.15) is 0 Å². The minimum absolute atomic E-state index is 0.0100. The number of nitrogens with one attached hydrogen (secondary N) is 1. The average molecular weight is 771 g/mol. The summed E-state index contributed by atoms with van der Waals surface area (Å²) in [4.78, 5) is 62.3. The van der Waals surface area contributed by atoms with E-state index in [1.807, 2.05) is 34.1 Å². The second-order valence-electron chi connectivity index (χ2n) is 13.9. The van der Waals surface area contributed by atoms with Crippen LogP contribution in [0.3, 0.4) is 0 Å². The lowest BCUT2D eigenvalue weighted by Crippen LogP contribution is -2.56. The van der Waals surface area contributed by atoms with Gasteiger partial charge in [0.1, 0.15) is 5.75 Å². The molecule has 0 saturated carbocycles. The maximum atomic E-state index is 14.0. The van der Waals surface area contributed by atoms with E-state index < -0.39 is 12.2 Å². The van der Waals surface area contributed by atoms with Gasteiger partial charge in [-0.1, -0.05) is 24.3 Å². The van der Waals surface area contributed by atoms with Crippen molar-refractivity contribution in [2.24, 2.45) is 0 Å². The third-order valence-electron chi connectivity index (χ3n) is 10.7. The number of halogens is 1. The minimum atomic E-state index is -1.04. The number of para-hydroxylation sites is 1. The molecule has 1 atom stereocenters. The molecule has 0 radical (unpaired) electrons. The second kappa shape index (κ2) is 16.6. The Morgan fingerprint density at radius 1 is 0.922 bits per heavy atom. The first-order valence-electron chi connectivity index (χ1n) is 17.8. The Kier molecular flexibility index (Phi) is 12.0. The predicted molar refractivity (Wildman–Crippen MR) is 192 cm³/mol. The lowest BCUT2D eigenvalue weighted by molar-refractivity contribution is -0.161. The zero-order chi connectivity index (χ0) is 36.1. The molecule has 4 aliphatic heterocycles. The van der Waals surface area contributed by atoms with Gasteiger partial charge in [0.25, 0.3) is 11.8 Å². The van der Waals surface area contributed by atoms with Gasteiger partial charge >= 0.3 is 12.1 Å². The van der Waals surface area contributed by atoms with E-state index >= 15 is 0 Å². The number of phenols is 1. The first-order chi connectivity index (χ1) is 24.5. The molecule has 0 aliphatic carbocycles. The second-order valence-corrected chi connectivity index (χ2v) is 14.8. The summed E-state index contributed by atoms with van der Waals surface area (Å²) in [5.41, 5.74) is 2.69. The molecule has 4 heterocycles. The lowest BCUT2D eigenvalue weighted by Gasteiger charge is -2.43. The number of urea groups is 1. The van der Waals surface area contributed by atoms with Gasteiger partial charge in [0.2, 0.25) is 0 Å². The van der Waals surface area contributed by atoms with Crippen LogP contribution in [-0.4, -0.2) is 154 Å². The van der Waals surface area contributed by atoms with Gasteiger partial charge in [-0.05, 0) is 77.4 Å². The Bertz CT molecular complexity index is 1570. The number of nitrogens with zero attached hydrogens (tertiary/aromatic N) is 6. The molecule has 3 N–H and O–H groups in total. The molecule has 14 nitrogen and oxygen atoms in total. The van der Waals surface area contributed by atoms with Gasteiger partial charge in [-0.15, -0.1) is 0 Å². The van der Waals surface area contributed by atoms with Crippen molar-refractivity contribution >= 4 is 45.6 Å². The molecule has 0 bridgehead atoms. The number of phenolic OH excluding ortho intramolecular Hbond substituents is 1. The molecule has 2 aromatic carbocycles. The number of hydroxylamine groups is 2. The van der Waals surface area contributed by atoms with E-state index in [0.717, 1.165) is 62.3 Å². The number of likely N-dealkylation sites (N-methyl/N-ethyl adjacent to an activating group) is 1. The summed E-state index contributed by atoms with van der Waals surface area (Å²) in [6, 6.07) is 13.0. The van der Waals surface area contributed by atoms with Crippen LogP contribution in [0.25, 0.3) is 0 Å². The van der Waals surface area contributed by atoms with Crippen LogP contribution in [0.15, 0.2) is 46.9 Å². The molecule has 15 heteroatoms. The van der Waals surface area contributed by atoms with Crippen LogP contribution < -0.4 is 5.32 Å². The number of aromatic hydroxyl groups is 1. The molecular weight excluding hydrogens is 722 g/mol. The maximum Gasteiger partial charge on any atom is 0.410 e. The largest absolute Gasteiger partial charge is 0.507 e. The van der Waals surface area contributed by atoms with Crippen molar-refractivity contribution in [1.82, 2.24) is 29.6 Å². The van der Waals surface area contributed by atoms with Crippen LogP contribution in [0.1, 0.15) is 36.8 Å². The van der Waals surface area contributed by atoms with Gasteiger partial charge in [0, 0.05) is 90.1 Å². The van der Waals surface area contributed by atoms with E-state index in [4.69, 9.17) is 4.74 Å². The highest BCUT2D eigenvalue weighted by molar-refractivity contribution is 9.10. The molecule has 1 unspecified atom stereocenters. The lowest BCUT2D eigenvalue weighted by atomic mass is 10.0. The first kappa shape index (κ1) is 36.9. The SMILES string of the molecule is CN(O)C(=O)CN1CCN(C2CCN(C(=O)C(Cc3ccc(O)c(Br)c3)OC(=O)N3CCC(N4CCc5ccccc5NC4=O)CC3)CC2)CC1. The third-order valence-corrected chi connectivity index (χ3v) is 11.3. The predicted octanol–water partition coefficient (Wildman–Crippen LogP) is 3.21. The first-order valence-corrected chi connectivity index (χ1v) is 18.6. The molecule has 276 valence electrons. The molecule has 0 spiro atoms. The third kappa shape index (κ3) is 9.12. The average Bonchev–Trinajstić information content (AvgIpc) is 3.31. The number of piperidine rings is 2. The number of anilines is 1. The van der Waals surface area contributed by atoms with Crippen molar-refractivity contribution in [3.63, 3.8) is 0 Å². The zero-order valence-electron chi connectivity index (χ0n) is 29.1. The Labute approximate surface area is 307 Å². The van der Waals surface area contributed by atoms with Gasteiger partial charge < -0.3 is 29.9 Å². The zero-order valence-corrected chi connectivity index (χ0v) is 30.7. The number of hydrogen-bond acceptors (Lipinski definition) is 9. The molecule has 0 aromatic heterocycles. The molecule has 2 aromatic rings. The van der Waals surface area contributed by atoms with Crippen LogP contribution in [0.2, 0.25) is 0 Å². The molecule has 3 fully saturated rings. The van der Waals surface area contributed by atoms with E-state index in [1.165, 1.54) is 7.05 Å². The number of hydrogen-bond donors (Lipinski definition) is 3. The standard InChI is InChI=1S/C36H48BrN7O7/c1-39(50)33(46)24-40-18-20-41(21-19-40)27-9-13-42(14-10-27)34(47)32(23-25-6-7-31(45)29(37)22-25)51-36(49)43-15-11-28(12-16-43)44-17-8-26-4-2-3-5-30(26)38-35(44)48/h2-7,22,27-28,32,45,50H,8-21,23-24H2,1H3,(H,38,48). The molecule has 6 rings (SSSR count). The minimum Gasteiger partial charge on any atom is -0.507 e. The number of ether oxygens (including phenoxy) is 1. The number of carbonyl (C=O) groups is 4. The highest BCUT2D eigenvalue weighted by atomic mass is 79.9. The molecule has 5 amide bonds. The summed E-state index contributed by atoms with van der Waals surface area (Å²) in [7, 11) is 1.34. The number of fused-ring (bicyclic) bond motifs is 1. The van der Waals surface area contributed by atoms with Crippen molar-refractivity contribution in [2.75, 3.05) is 77.8 Å². The van der Waals surface area contributed by atoms with E-state index in [-0.39, 0.29) is 42.6 Å². The Morgan fingerprint density at radius 2 is 1.59 bits per heavy atom. The van der Waals surface area contributed by atoms with Crippen LogP contribution in [0, 0.1) is 0 Å². The van der Waals surface area contributed by atoms with Crippen LogP contribution in [0.5, 0.6) is 5.75 Å². The highest BCUT2D eigenvalue weighted by Crippen LogP contribution is 2.28. The van der Waals surface area contributed by atoms with E-state index in [1.54, 1.807) is 28.0 Å². The topological polar surface area (TPSA) is 149 Å². The Balaban J connectivity index is 1.03. The number of carbonyl (C=O) groups excluding carboxylic acids is 4. The smallest absolute Gasteiger partial charge is 0.410 e. The van der Waals surface area contributed by atoms with Gasteiger partial charge in [0.15, 0.2) is 6.10 Å². The van der Waals surface area contributed by atoms with Crippen molar-refractivity contribution in [2.45, 2.75) is 56.7 Å². The number of piperazine rings is 1. The summed E-state index contributed by atoms with van der Waals surface area (Å²) >= 11 is 3.35. The van der Waals surface area contributed by atoms with Crippen molar-refractivity contribution < 1.29 is 34.2 Å². The van der Waals surface area contributed by atoms with Crippen molar-refractivity contribution in [3.05, 3.63) is 58.1 Å². The van der Waals surface area contributed by atoms with Crippen LogP contribution >= 0.6 is 15.9 Å². The van der Waals surface area contributed by atoms with Gasteiger partial charge in [-0.3, -0.25) is 24.6 Å². The Morgan fingerprint density at radius 3 is 2.27 bits per heavy atom.